The van der Waals surface area contributed by atoms with E-state index in [1.54, 1.807) is 0 Å². The summed E-state index contributed by atoms with van der Waals surface area (Å²) in [7, 11) is 2.10. The molecule has 2 aliphatic heterocycles. The van der Waals surface area contributed by atoms with Gasteiger partial charge in [-0.3, -0.25) is 4.90 Å². The van der Waals surface area contributed by atoms with Crippen molar-refractivity contribution in [2.24, 2.45) is 5.92 Å². The summed E-state index contributed by atoms with van der Waals surface area (Å²) < 4.78 is 5.94. The minimum absolute atomic E-state index is 0.414. The molecule has 112 valence electrons. The van der Waals surface area contributed by atoms with Crippen molar-refractivity contribution in [2.45, 2.75) is 38.8 Å². The monoisotopic (exact) mass is 269 g/mol. The molecule has 2 heterocycles. The number of likely N-dealkylation sites (N-methyl/N-ethyl adjacent to an activating group) is 1. The molecule has 0 aromatic heterocycles. The van der Waals surface area contributed by atoms with Gasteiger partial charge in [0.25, 0.3) is 0 Å². The lowest BCUT2D eigenvalue weighted by Crippen LogP contribution is -2.53. The Hall–Kier alpha value is -0.160. The molecule has 2 saturated heterocycles. The first kappa shape index (κ1) is 15.2. The molecule has 1 N–H and O–H groups in total. The van der Waals surface area contributed by atoms with Crippen molar-refractivity contribution in [3.05, 3.63) is 0 Å². The fourth-order valence-electron chi connectivity index (χ4n) is 3.53. The number of hydrogen-bond acceptors (Lipinski definition) is 4. The molecule has 2 aliphatic rings. The number of likely N-dealkylation sites (tertiary alicyclic amines) is 1. The van der Waals surface area contributed by atoms with Crippen LogP contribution in [0.4, 0.5) is 0 Å². The highest BCUT2D eigenvalue weighted by molar-refractivity contribution is 4.85. The van der Waals surface area contributed by atoms with E-state index in [1.165, 1.54) is 25.9 Å². The Morgan fingerprint density at radius 2 is 2.00 bits per heavy atom. The molecule has 4 heteroatoms. The largest absolute Gasteiger partial charge is 0.374 e. The molecule has 3 atom stereocenters. The highest BCUT2D eigenvalue weighted by atomic mass is 16.5. The maximum absolute atomic E-state index is 5.94. The molecule has 4 nitrogen and oxygen atoms in total. The van der Waals surface area contributed by atoms with Gasteiger partial charge in [-0.2, -0.15) is 0 Å². The first-order chi connectivity index (χ1) is 9.26. The summed E-state index contributed by atoms with van der Waals surface area (Å²) in [6.07, 6.45) is 2.96. The zero-order valence-electron chi connectivity index (χ0n) is 12.9. The minimum Gasteiger partial charge on any atom is -0.374 e. The normalized spacial score (nSPS) is 34.6. The van der Waals surface area contributed by atoms with Crippen LogP contribution >= 0.6 is 0 Å². The third-order valence-corrected chi connectivity index (χ3v) is 4.85. The van der Waals surface area contributed by atoms with Gasteiger partial charge < -0.3 is 15.0 Å². The predicted octanol–water partition coefficient (Wildman–Crippen LogP) is 1.03. The van der Waals surface area contributed by atoms with Gasteiger partial charge in [-0.25, -0.2) is 0 Å². The standard InChI is InChI=1S/C15H31N3O/c1-4-13-10-18(7-6-15(13)16-3)12-14-11-17(5-2)8-9-19-14/h13-16H,4-12H2,1-3H3. The molecular weight excluding hydrogens is 238 g/mol. The lowest BCUT2D eigenvalue weighted by molar-refractivity contribution is -0.0477. The molecule has 0 amide bonds. The third kappa shape index (κ3) is 4.15. The van der Waals surface area contributed by atoms with Gasteiger partial charge in [0.05, 0.1) is 12.7 Å². The molecule has 2 fully saturated rings. The van der Waals surface area contributed by atoms with Gasteiger partial charge in [0.2, 0.25) is 0 Å². The fraction of sp³-hybridized carbons (Fsp3) is 1.00. The number of rotatable bonds is 5. The SMILES string of the molecule is CCC1CN(CC2CN(CC)CCO2)CCC1NC. The minimum atomic E-state index is 0.414. The van der Waals surface area contributed by atoms with E-state index < -0.39 is 0 Å². The predicted molar refractivity (Wildman–Crippen MR) is 79.5 cm³/mol. The van der Waals surface area contributed by atoms with Crippen LogP contribution < -0.4 is 5.32 Å². The van der Waals surface area contributed by atoms with Crippen LogP contribution in [-0.2, 0) is 4.74 Å². The van der Waals surface area contributed by atoms with E-state index in [-0.39, 0.29) is 0 Å². The molecule has 0 aliphatic carbocycles. The van der Waals surface area contributed by atoms with Crippen LogP contribution in [0.1, 0.15) is 26.7 Å². The van der Waals surface area contributed by atoms with Crippen LogP contribution in [0.25, 0.3) is 0 Å². The molecule has 2 rings (SSSR count). The number of hydrogen-bond donors (Lipinski definition) is 1. The van der Waals surface area contributed by atoms with Gasteiger partial charge in [-0.15, -0.1) is 0 Å². The van der Waals surface area contributed by atoms with E-state index in [1.807, 2.05) is 0 Å². The molecule has 0 radical (unpaired) electrons. The zero-order chi connectivity index (χ0) is 13.7. The highest BCUT2D eigenvalue weighted by Gasteiger charge is 2.29. The van der Waals surface area contributed by atoms with Gasteiger partial charge in [-0.05, 0) is 32.5 Å². The van der Waals surface area contributed by atoms with Crippen molar-refractivity contribution in [3.8, 4) is 0 Å². The summed E-state index contributed by atoms with van der Waals surface area (Å²) in [5.41, 5.74) is 0. The summed E-state index contributed by atoms with van der Waals surface area (Å²) in [6.45, 7) is 12.4. The Labute approximate surface area is 118 Å². The average Bonchev–Trinajstić information content (AvgIpc) is 2.47. The fourth-order valence-corrected chi connectivity index (χ4v) is 3.53. The summed E-state index contributed by atoms with van der Waals surface area (Å²) in [4.78, 5) is 5.12. The lowest BCUT2D eigenvalue weighted by Gasteiger charge is -2.41. The molecule has 0 aromatic carbocycles. The molecule has 19 heavy (non-hydrogen) atoms. The Kier molecular flexibility index (Phi) is 6.07. The Bertz CT molecular complexity index is 262. The maximum Gasteiger partial charge on any atom is 0.0829 e. The van der Waals surface area contributed by atoms with E-state index in [2.05, 4.69) is 36.0 Å². The number of ether oxygens (including phenoxy) is 1. The van der Waals surface area contributed by atoms with Crippen molar-refractivity contribution in [2.75, 3.05) is 52.9 Å². The maximum atomic E-state index is 5.94. The smallest absolute Gasteiger partial charge is 0.0829 e. The number of piperidine rings is 1. The van der Waals surface area contributed by atoms with Gasteiger partial charge in [-0.1, -0.05) is 20.3 Å². The van der Waals surface area contributed by atoms with Crippen molar-refractivity contribution in [1.82, 2.24) is 15.1 Å². The van der Waals surface area contributed by atoms with Crippen LogP contribution in [0.3, 0.4) is 0 Å². The number of nitrogens with zero attached hydrogens (tertiary/aromatic N) is 2. The molecule has 0 spiro atoms. The van der Waals surface area contributed by atoms with Crippen molar-refractivity contribution in [3.63, 3.8) is 0 Å². The molecular formula is C15H31N3O. The topological polar surface area (TPSA) is 27.7 Å². The van der Waals surface area contributed by atoms with E-state index in [0.29, 0.717) is 12.1 Å². The van der Waals surface area contributed by atoms with Crippen LogP contribution in [0.2, 0.25) is 0 Å². The summed E-state index contributed by atoms with van der Waals surface area (Å²) >= 11 is 0. The van der Waals surface area contributed by atoms with Crippen LogP contribution in [-0.4, -0.2) is 74.9 Å². The van der Waals surface area contributed by atoms with Crippen LogP contribution in [0.15, 0.2) is 0 Å². The van der Waals surface area contributed by atoms with Crippen LogP contribution in [0.5, 0.6) is 0 Å². The van der Waals surface area contributed by atoms with Crippen molar-refractivity contribution >= 4 is 0 Å². The average molecular weight is 269 g/mol. The van der Waals surface area contributed by atoms with Gasteiger partial charge >= 0.3 is 0 Å². The van der Waals surface area contributed by atoms with E-state index >= 15 is 0 Å². The molecule has 0 bridgehead atoms. The summed E-state index contributed by atoms with van der Waals surface area (Å²) in [5, 5.41) is 3.48. The van der Waals surface area contributed by atoms with E-state index in [4.69, 9.17) is 4.74 Å². The van der Waals surface area contributed by atoms with Crippen molar-refractivity contribution < 1.29 is 4.74 Å². The first-order valence-electron chi connectivity index (χ1n) is 8.00. The Morgan fingerprint density at radius 3 is 2.68 bits per heavy atom. The Morgan fingerprint density at radius 1 is 1.16 bits per heavy atom. The first-order valence-corrected chi connectivity index (χ1v) is 8.00. The van der Waals surface area contributed by atoms with Crippen molar-refractivity contribution in [1.29, 1.82) is 0 Å². The number of nitrogens with one attached hydrogen (secondary N) is 1. The second-order valence-corrected chi connectivity index (χ2v) is 6.00. The number of morpholine rings is 1. The second-order valence-electron chi connectivity index (χ2n) is 6.00. The van der Waals surface area contributed by atoms with Gasteiger partial charge in [0, 0.05) is 32.2 Å². The third-order valence-electron chi connectivity index (χ3n) is 4.85. The summed E-state index contributed by atoms with van der Waals surface area (Å²) in [6, 6.07) is 0.709. The Balaban J connectivity index is 1.79. The van der Waals surface area contributed by atoms with Gasteiger partial charge in [0.15, 0.2) is 0 Å². The van der Waals surface area contributed by atoms with Crippen LogP contribution in [0, 0.1) is 5.92 Å². The lowest BCUT2D eigenvalue weighted by atomic mass is 9.90. The quantitative estimate of drug-likeness (QED) is 0.807. The second kappa shape index (κ2) is 7.58. The molecule has 3 unspecified atom stereocenters. The highest BCUT2D eigenvalue weighted by Crippen LogP contribution is 2.21. The molecule has 0 aromatic rings. The van der Waals surface area contributed by atoms with E-state index in [0.717, 1.165) is 38.7 Å². The zero-order valence-corrected chi connectivity index (χ0v) is 12.9. The van der Waals surface area contributed by atoms with Gasteiger partial charge in [0.1, 0.15) is 0 Å². The molecule has 0 saturated carbocycles. The van der Waals surface area contributed by atoms with E-state index in [9.17, 15) is 0 Å². The summed E-state index contributed by atoms with van der Waals surface area (Å²) in [5.74, 6) is 0.796.